The summed E-state index contributed by atoms with van der Waals surface area (Å²) < 4.78 is 5.52. The fourth-order valence-electron chi connectivity index (χ4n) is 2.52. The second kappa shape index (κ2) is 4.97. The van der Waals surface area contributed by atoms with E-state index in [1.807, 2.05) is 12.1 Å². The highest BCUT2D eigenvalue weighted by molar-refractivity contribution is 6.08. The number of hydrogen-bond acceptors (Lipinski definition) is 4. The van der Waals surface area contributed by atoms with Gasteiger partial charge in [-0.15, -0.1) is 0 Å². The van der Waals surface area contributed by atoms with Crippen molar-refractivity contribution in [3.05, 3.63) is 29.8 Å². The van der Waals surface area contributed by atoms with Crippen LogP contribution in [-0.4, -0.2) is 29.9 Å². The first-order valence-electron chi connectivity index (χ1n) is 6.64. The number of rotatable bonds is 5. The molecule has 1 saturated heterocycles. The largest absolute Gasteiger partial charge is 0.492 e. The molecule has 20 heavy (non-hydrogen) atoms. The van der Waals surface area contributed by atoms with E-state index in [1.54, 1.807) is 12.1 Å². The number of piperidine rings is 1. The third-order valence-electron chi connectivity index (χ3n) is 3.75. The van der Waals surface area contributed by atoms with Crippen LogP contribution < -0.4 is 4.74 Å². The molecule has 2 aliphatic rings. The molecule has 1 aromatic rings. The maximum absolute atomic E-state index is 11.7. The topological polar surface area (TPSA) is 70.4 Å². The third-order valence-corrected chi connectivity index (χ3v) is 3.75. The van der Waals surface area contributed by atoms with Crippen molar-refractivity contribution < 1.29 is 14.3 Å². The fraction of sp³-hybridized carbons (Fsp3) is 0.400. The first kappa shape index (κ1) is 12.7. The standard InChI is InChI=1S/C15H14N2O3/c16-6-5-10-1-3-11(4-2-10)20-8-7-17-14(18)12-9-13(12)15(17)19/h1-4,12-13H,5,7-9H2. The minimum Gasteiger partial charge on any atom is -0.492 e. The van der Waals surface area contributed by atoms with Crippen LogP contribution in [0.5, 0.6) is 5.75 Å². The van der Waals surface area contributed by atoms with E-state index in [-0.39, 0.29) is 23.7 Å². The first-order chi connectivity index (χ1) is 9.70. The fourth-order valence-corrected chi connectivity index (χ4v) is 2.52. The minimum absolute atomic E-state index is 0.0482. The average Bonchev–Trinajstić information content (AvgIpc) is 3.20. The Morgan fingerprint density at radius 3 is 2.45 bits per heavy atom. The normalized spacial score (nSPS) is 23.4. The summed E-state index contributed by atoms with van der Waals surface area (Å²) in [5.74, 6) is 0.484. The number of benzene rings is 1. The van der Waals surface area contributed by atoms with Crippen LogP contribution >= 0.6 is 0 Å². The predicted molar refractivity (Wildman–Crippen MR) is 69.6 cm³/mol. The Bertz CT molecular complexity index is 568. The van der Waals surface area contributed by atoms with Crippen molar-refractivity contribution in [1.29, 1.82) is 5.26 Å². The van der Waals surface area contributed by atoms with Gasteiger partial charge in [0.1, 0.15) is 12.4 Å². The van der Waals surface area contributed by atoms with Crippen LogP contribution in [0, 0.1) is 23.2 Å². The lowest BCUT2D eigenvalue weighted by molar-refractivity contribution is -0.141. The molecule has 3 rings (SSSR count). The van der Waals surface area contributed by atoms with E-state index >= 15 is 0 Å². The molecule has 2 fully saturated rings. The average molecular weight is 270 g/mol. The zero-order valence-corrected chi connectivity index (χ0v) is 10.9. The van der Waals surface area contributed by atoms with Gasteiger partial charge in [0.2, 0.25) is 11.8 Å². The molecule has 2 amide bonds. The van der Waals surface area contributed by atoms with Gasteiger partial charge in [-0.3, -0.25) is 14.5 Å². The number of carbonyl (C=O) groups is 2. The number of nitriles is 1. The highest BCUT2D eigenvalue weighted by atomic mass is 16.5. The van der Waals surface area contributed by atoms with E-state index < -0.39 is 0 Å². The van der Waals surface area contributed by atoms with Gasteiger partial charge >= 0.3 is 0 Å². The van der Waals surface area contributed by atoms with E-state index in [0.717, 1.165) is 12.0 Å². The smallest absolute Gasteiger partial charge is 0.233 e. The number of fused-ring (bicyclic) bond motifs is 1. The van der Waals surface area contributed by atoms with E-state index in [2.05, 4.69) is 6.07 Å². The molecule has 0 radical (unpaired) electrons. The molecule has 1 heterocycles. The monoisotopic (exact) mass is 270 g/mol. The number of ether oxygens (including phenoxy) is 1. The van der Waals surface area contributed by atoms with Crippen LogP contribution in [0.1, 0.15) is 12.0 Å². The Kier molecular flexibility index (Phi) is 3.15. The quantitative estimate of drug-likeness (QED) is 0.752. The van der Waals surface area contributed by atoms with Gasteiger partial charge in [-0.2, -0.15) is 5.26 Å². The van der Waals surface area contributed by atoms with E-state index in [1.165, 1.54) is 4.90 Å². The number of amides is 2. The Labute approximate surface area is 116 Å². The SMILES string of the molecule is N#CCc1ccc(OCCN2C(=O)C3CC3C2=O)cc1. The summed E-state index contributed by atoms with van der Waals surface area (Å²) in [7, 11) is 0. The van der Waals surface area contributed by atoms with Crippen LogP contribution in [0.4, 0.5) is 0 Å². The van der Waals surface area contributed by atoms with Crippen LogP contribution in [0.15, 0.2) is 24.3 Å². The molecule has 5 heteroatoms. The van der Waals surface area contributed by atoms with E-state index in [0.29, 0.717) is 25.3 Å². The van der Waals surface area contributed by atoms with E-state index in [4.69, 9.17) is 10.00 Å². The summed E-state index contributed by atoms with van der Waals surface area (Å²) in [6.07, 6.45) is 1.11. The molecule has 5 nitrogen and oxygen atoms in total. The van der Waals surface area contributed by atoms with Gasteiger partial charge in [-0.1, -0.05) is 12.1 Å². The molecule has 102 valence electrons. The molecule has 1 saturated carbocycles. The van der Waals surface area contributed by atoms with Gasteiger partial charge < -0.3 is 4.74 Å². The lowest BCUT2D eigenvalue weighted by Crippen LogP contribution is -2.36. The van der Waals surface area contributed by atoms with Crippen molar-refractivity contribution >= 4 is 11.8 Å². The second-order valence-corrected chi connectivity index (χ2v) is 5.10. The van der Waals surface area contributed by atoms with Gasteiger partial charge in [-0.25, -0.2) is 0 Å². The molecule has 2 atom stereocenters. The zero-order chi connectivity index (χ0) is 14.1. The third kappa shape index (κ3) is 2.25. The van der Waals surface area contributed by atoms with Gasteiger partial charge in [0.05, 0.1) is 30.9 Å². The molecular formula is C15H14N2O3. The molecule has 0 aromatic heterocycles. The number of nitrogens with zero attached hydrogens (tertiary/aromatic N) is 2. The Morgan fingerprint density at radius 2 is 1.85 bits per heavy atom. The number of likely N-dealkylation sites (tertiary alicyclic amines) is 1. The predicted octanol–water partition coefficient (Wildman–Crippen LogP) is 1.14. The van der Waals surface area contributed by atoms with Gasteiger partial charge in [0.15, 0.2) is 0 Å². The van der Waals surface area contributed by atoms with Gasteiger partial charge in [-0.05, 0) is 24.1 Å². The number of carbonyl (C=O) groups excluding carboxylic acids is 2. The van der Waals surface area contributed by atoms with Gasteiger partial charge in [0.25, 0.3) is 0 Å². The number of imide groups is 1. The maximum Gasteiger partial charge on any atom is 0.233 e. The zero-order valence-electron chi connectivity index (χ0n) is 10.9. The molecule has 0 N–H and O–H groups in total. The maximum atomic E-state index is 11.7. The van der Waals surface area contributed by atoms with Crippen LogP contribution in [0.2, 0.25) is 0 Å². The molecule has 0 bridgehead atoms. The van der Waals surface area contributed by atoms with Crippen LogP contribution in [-0.2, 0) is 16.0 Å². The van der Waals surface area contributed by atoms with Crippen LogP contribution in [0.3, 0.4) is 0 Å². The summed E-state index contributed by atoms with van der Waals surface area (Å²) in [5.41, 5.74) is 0.935. The van der Waals surface area contributed by atoms with Crippen molar-refractivity contribution in [2.45, 2.75) is 12.8 Å². The first-order valence-corrected chi connectivity index (χ1v) is 6.64. The van der Waals surface area contributed by atoms with Crippen molar-refractivity contribution in [1.82, 2.24) is 4.90 Å². The summed E-state index contributed by atoms with van der Waals surface area (Å²) >= 11 is 0. The van der Waals surface area contributed by atoms with Crippen molar-refractivity contribution in [3.63, 3.8) is 0 Å². The summed E-state index contributed by atoms with van der Waals surface area (Å²) in [4.78, 5) is 24.8. The number of hydrogen-bond donors (Lipinski definition) is 0. The molecular weight excluding hydrogens is 256 g/mol. The lowest BCUT2D eigenvalue weighted by Gasteiger charge is -2.16. The molecule has 1 aliphatic heterocycles. The molecule has 0 spiro atoms. The summed E-state index contributed by atoms with van der Waals surface area (Å²) in [5, 5.41) is 8.58. The molecule has 2 unspecified atom stereocenters. The second-order valence-electron chi connectivity index (χ2n) is 5.10. The Hall–Kier alpha value is -2.35. The highest BCUT2D eigenvalue weighted by Crippen LogP contribution is 2.46. The summed E-state index contributed by atoms with van der Waals surface area (Å²) in [6.45, 7) is 0.610. The highest BCUT2D eigenvalue weighted by Gasteiger charge is 2.58. The van der Waals surface area contributed by atoms with Crippen LogP contribution in [0.25, 0.3) is 0 Å². The van der Waals surface area contributed by atoms with Crippen molar-refractivity contribution in [2.24, 2.45) is 11.8 Å². The minimum atomic E-state index is -0.0484. The molecule has 1 aliphatic carbocycles. The Balaban J connectivity index is 1.49. The summed E-state index contributed by atoms with van der Waals surface area (Å²) in [6, 6.07) is 9.32. The lowest BCUT2D eigenvalue weighted by atomic mass is 10.2. The van der Waals surface area contributed by atoms with E-state index in [9.17, 15) is 9.59 Å². The van der Waals surface area contributed by atoms with Crippen molar-refractivity contribution in [3.8, 4) is 11.8 Å². The Morgan fingerprint density at radius 1 is 1.20 bits per heavy atom. The van der Waals surface area contributed by atoms with Gasteiger partial charge in [0, 0.05) is 0 Å². The molecule has 1 aromatic carbocycles. The van der Waals surface area contributed by atoms with Crippen molar-refractivity contribution in [2.75, 3.05) is 13.2 Å².